The van der Waals surface area contributed by atoms with Crippen LogP contribution in [0.3, 0.4) is 0 Å². The Bertz CT molecular complexity index is 1160. The molecule has 0 atom stereocenters. The summed E-state index contributed by atoms with van der Waals surface area (Å²) in [6.45, 7) is 1.59. The first-order valence-electron chi connectivity index (χ1n) is 10.1. The van der Waals surface area contributed by atoms with Gasteiger partial charge in [0.2, 0.25) is 0 Å². The molecule has 0 bridgehead atoms. The molecular weight excluding hydrogens is 424 g/mol. The van der Waals surface area contributed by atoms with Gasteiger partial charge in [0, 0.05) is 30.3 Å². The summed E-state index contributed by atoms with van der Waals surface area (Å²) < 4.78 is 15.4. The van der Waals surface area contributed by atoms with Gasteiger partial charge >= 0.3 is 5.97 Å². The third-order valence-corrected chi connectivity index (χ3v) is 4.67. The van der Waals surface area contributed by atoms with Crippen molar-refractivity contribution in [3.8, 4) is 17.2 Å². The van der Waals surface area contributed by atoms with Crippen molar-refractivity contribution >= 4 is 23.5 Å². The van der Waals surface area contributed by atoms with Crippen molar-refractivity contribution in [1.82, 2.24) is 5.32 Å². The molecule has 0 spiro atoms. The molecule has 0 fully saturated rings. The second-order valence-electron chi connectivity index (χ2n) is 7.02. The molecule has 0 saturated heterocycles. The molecule has 2 amide bonds. The van der Waals surface area contributed by atoms with E-state index in [4.69, 9.17) is 14.2 Å². The van der Waals surface area contributed by atoms with Gasteiger partial charge in [0.25, 0.3) is 11.8 Å². The molecule has 8 nitrogen and oxygen atoms in total. The molecule has 33 heavy (non-hydrogen) atoms. The van der Waals surface area contributed by atoms with E-state index in [0.29, 0.717) is 40.6 Å². The summed E-state index contributed by atoms with van der Waals surface area (Å²) in [5.74, 6) is 0.281. The number of hydrogen-bond donors (Lipinski definition) is 2. The van der Waals surface area contributed by atoms with E-state index in [1.54, 1.807) is 60.7 Å². The highest BCUT2D eigenvalue weighted by atomic mass is 16.5. The summed E-state index contributed by atoms with van der Waals surface area (Å²) in [7, 11) is 3.04. The Labute approximate surface area is 191 Å². The highest BCUT2D eigenvalue weighted by molar-refractivity contribution is 6.04. The Morgan fingerprint density at radius 3 is 2.15 bits per heavy atom. The van der Waals surface area contributed by atoms with Crippen LogP contribution >= 0.6 is 0 Å². The zero-order chi connectivity index (χ0) is 23.8. The van der Waals surface area contributed by atoms with Crippen LogP contribution in [0, 0.1) is 0 Å². The van der Waals surface area contributed by atoms with Gasteiger partial charge in [-0.25, -0.2) is 0 Å². The molecule has 2 N–H and O–H groups in total. The van der Waals surface area contributed by atoms with E-state index in [1.165, 1.54) is 27.2 Å². The number of benzene rings is 3. The molecular formula is C25H24N2O6. The second kappa shape index (κ2) is 10.8. The van der Waals surface area contributed by atoms with E-state index in [-0.39, 0.29) is 11.8 Å². The van der Waals surface area contributed by atoms with Crippen LogP contribution in [0.5, 0.6) is 17.2 Å². The number of nitrogens with one attached hydrogen (secondary N) is 2. The fourth-order valence-electron chi connectivity index (χ4n) is 3.04. The van der Waals surface area contributed by atoms with Crippen molar-refractivity contribution < 1.29 is 28.6 Å². The van der Waals surface area contributed by atoms with Crippen LogP contribution in [-0.2, 0) is 11.3 Å². The minimum absolute atomic E-state index is 0.287. The van der Waals surface area contributed by atoms with Crippen molar-refractivity contribution in [1.29, 1.82) is 0 Å². The Hall–Kier alpha value is -4.33. The molecule has 0 heterocycles. The van der Waals surface area contributed by atoms with Gasteiger partial charge in [0.15, 0.2) is 11.5 Å². The van der Waals surface area contributed by atoms with E-state index in [2.05, 4.69) is 10.6 Å². The average Bonchev–Trinajstić information content (AvgIpc) is 2.82. The number of carbonyl (C=O) groups excluding carboxylic acids is 3. The maximum absolute atomic E-state index is 12.5. The van der Waals surface area contributed by atoms with E-state index < -0.39 is 5.97 Å². The summed E-state index contributed by atoms with van der Waals surface area (Å²) in [6, 6.07) is 18.4. The normalized spacial score (nSPS) is 10.2. The zero-order valence-corrected chi connectivity index (χ0v) is 18.5. The summed E-state index contributed by atoms with van der Waals surface area (Å²) in [4.78, 5) is 36.0. The lowest BCUT2D eigenvalue weighted by atomic mass is 10.1. The first-order valence-corrected chi connectivity index (χ1v) is 10.1. The maximum Gasteiger partial charge on any atom is 0.308 e. The van der Waals surface area contributed by atoms with Crippen LogP contribution in [0.2, 0.25) is 0 Å². The predicted octanol–water partition coefficient (Wildman–Crippen LogP) is 3.81. The second-order valence-corrected chi connectivity index (χ2v) is 7.02. The predicted molar refractivity (Wildman–Crippen MR) is 123 cm³/mol. The summed E-state index contributed by atoms with van der Waals surface area (Å²) >= 11 is 0. The molecule has 170 valence electrons. The fourth-order valence-corrected chi connectivity index (χ4v) is 3.04. The van der Waals surface area contributed by atoms with E-state index in [1.807, 2.05) is 0 Å². The van der Waals surface area contributed by atoms with Gasteiger partial charge in [0.05, 0.1) is 14.2 Å². The number of hydrogen-bond acceptors (Lipinski definition) is 6. The number of rotatable bonds is 8. The van der Waals surface area contributed by atoms with Crippen molar-refractivity contribution in [2.24, 2.45) is 0 Å². The van der Waals surface area contributed by atoms with E-state index in [9.17, 15) is 14.4 Å². The fraction of sp³-hybridized carbons (Fsp3) is 0.160. The number of ether oxygens (including phenoxy) is 3. The van der Waals surface area contributed by atoms with Crippen LogP contribution in [0.15, 0.2) is 66.7 Å². The van der Waals surface area contributed by atoms with Crippen molar-refractivity contribution in [2.45, 2.75) is 13.5 Å². The number of carbonyl (C=O) groups is 3. The molecule has 3 aromatic rings. The first-order chi connectivity index (χ1) is 15.9. The van der Waals surface area contributed by atoms with Gasteiger partial charge in [-0.2, -0.15) is 0 Å². The van der Waals surface area contributed by atoms with Gasteiger partial charge in [-0.1, -0.05) is 18.2 Å². The van der Waals surface area contributed by atoms with Crippen LogP contribution in [0.25, 0.3) is 0 Å². The van der Waals surface area contributed by atoms with Gasteiger partial charge in [-0.3, -0.25) is 14.4 Å². The Morgan fingerprint density at radius 1 is 0.788 bits per heavy atom. The lowest BCUT2D eigenvalue weighted by molar-refractivity contribution is -0.131. The summed E-state index contributed by atoms with van der Waals surface area (Å²) in [6.07, 6.45) is 0. The maximum atomic E-state index is 12.5. The number of anilines is 1. The quantitative estimate of drug-likeness (QED) is 0.401. The molecule has 0 aliphatic carbocycles. The average molecular weight is 448 g/mol. The first kappa shape index (κ1) is 23.3. The lowest BCUT2D eigenvalue weighted by Crippen LogP contribution is -2.22. The summed E-state index contributed by atoms with van der Waals surface area (Å²) in [5.41, 5.74) is 2.27. The van der Waals surface area contributed by atoms with Crippen LogP contribution < -0.4 is 24.8 Å². The molecule has 3 rings (SSSR count). The number of esters is 1. The number of methoxy groups -OCH3 is 2. The van der Waals surface area contributed by atoms with Crippen molar-refractivity contribution in [3.63, 3.8) is 0 Å². The van der Waals surface area contributed by atoms with Crippen LogP contribution in [0.4, 0.5) is 5.69 Å². The highest BCUT2D eigenvalue weighted by Gasteiger charge is 2.12. The lowest BCUT2D eigenvalue weighted by Gasteiger charge is -2.11. The monoisotopic (exact) mass is 448 g/mol. The molecule has 3 aromatic carbocycles. The molecule has 8 heteroatoms. The van der Waals surface area contributed by atoms with E-state index >= 15 is 0 Å². The van der Waals surface area contributed by atoms with Gasteiger partial charge in [0.1, 0.15) is 5.75 Å². The molecule has 0 radical (unpaired) electrons. The van der Waals surface area contributed by atoms with Gasteiger partial charge in [-0.15, -0.1) is 0 Å². The standard InChI is InChI=1S/C25H24N2O6/c1-16(28)33-21-6-4-5-18(13-21)24(29)26-15-17-7-10-20(11-8-17)27-25(30)19-9-12-22(31-2)23(14-19)32-3/h4-14H,15H2,1-3H3,(H,26,29)(H,27,30). The number of amides is 2. The Balaban J connectivity index is 1.58. The zero-order valence-electron chi connectivity index (χ0n) is 18.5. The van der Waals surface area contributed by atoms with Crippen molar-refractivity contribution in [3.05, 3.63) is 83.4 Å². The van der Waals surface area contributed by atoms with Crippen LogP contribution in [0.1, 0.15) is 33.2 Å². The molecule has 0 saturated carbocycles. The highest BCUT2D eigenvalue weighted by Crippen LogP contribution is 2.28. The van der Waals surface area contributed by atoms with Gasteiger partial charge in [-0.05, 0) is 54.1 Å². The molecule has 0 aromatic heterocycles. The molecule has 0 aliphatic rings. The van der Waals surface area contributed by atoms with E-state index in [0.717, 1.165) is 5.56 Å². The topological polar surface area (TPSA) is 103 Å². The van der Waals surface area contributed by atoms with Crippen molar-refractivity contribution in [2.75, 3.05) is 19.5 Å². The third-order valence-electron chi connectivity index (χ3n) is 4.67. The molecule has 0 aliphatic heterocycles. The summed E-state index contributed by atoms with van der Waals surface area (Å²) in [5, 5.41) is 5.64. The Kier molecular flexibility index (Phi) is 7.64. The minimum Gasteiger partial charge on any atom is -0.493 e. The van der Waals surface area contributed by atoms with Gasteiger partial charge < -0.3 is 24.8 Å². The SMILES string of the molecule is COc1ccc(C(=O)Nc2ccc(CNC(=O)c3cccc(OC(C)=O)c3)cc2)cc1OC. The molecule has 0 unspecified atom stereocenters. The minimum atomic E-state index is -0.453. The Morgan fingerprint density at radius 2 is 1.48 bits per heavy atom. The largest absolute Gasteiger partial charge is 0.493 e. The smallest absolute Gasteiger partial charge is 0.308 e. The van der Waals surface area contributed by atoms with Crippen LogP contribution in [-0.4, -0.2) is 32.0 Å². The third kappa shape index (κ3) is 6.33.